The summed E-state index contributed by atoms with van der Waals surface area (Å²) in [5, 5.41) is 29.1. The van der Waals surface area contributed by atoms with E-state index in [-0.39, 0.29) is 24.8 Å². The number of aliphatic hydroxyl groups is 1. The molecule has 13 heteroatoms. The molecule has 4 heterocycles. The molecule has 1 aliphatic rings. The predicted octanol–water partition coefficient (Wildman–Crippen LogP) is 1.99. The smallest absolute Gasteiger partial charge is 0.409 e. The average molecular weight is 540 g/mol. The highest BCUT2D eigenvalue weighted by atomic mass is 19.1. The van der Waals surface area contributed by atoms with E-state index >= 15 is 0 Å². The number of methoxy groups -OCH3 is 1. The number of ether oxygens (including phenoxy) is 2. The van der Waals surface area contributed by atoms with Crippen molar-refractivity contribution in [3.8, 4) is 17.5 Å². The number of alkyl halides is 1. The van der Waals surface area contributed by atoms with E-state index in [4.69, 9.17) is 14.7 Å². The van der Waals surface area contributed by atoms with Crippen LogP contribution in [0.3, 0.4) is 0 Å². The van der Waals surface area contributed by atoms with Crippen LogP contribution in [0.1, 0.15) is 29.8 Å². The lowest BCUT2D eigenvalue weighted by atomic mass is 10.0. The number of halogens is 1. The van der Waals surface area contributed by atoms with Crippen LogP contribution >= 0.6 is 0 Å². The fourth-order valence-electron chi connectivity index (χ4n) is 4.11. The van der Waals surface area contributed by atoms with Crippen LogP contribution < -0.4 is 10.6 Å². The van der Waals surface area contributed by atoms with E-state index in [2.05, 4.69) is 26.8 Å². The normalized spacial score (nSPS) is 16.4. The number of carbonyl (C=O) groups is 2. The number of fused-ring (bicyclic) bond motifs is 1. The number of hydrogen-bond acceptors (Lipinski definition) is 9. The van der Waals surface area contributed by atoms with E-state index in [1.807, 2.05) is 0 Å². The zero-order chi connectivity index (χ0) is 28.2. The summed E-state index contributed by atoms with van der Waals surface area (Å²) in [7, 11) is 1.31. The van der Waals surface area contributed by atoms with Crippen molar-refractivity contribution in [1.82, 2.24) is 24.8 Å². The number of aromatic nitrogens is 3. The third-order valence-electron chi connectivity index (χ3n) is 6.41. The predicted molar refractivity (Wildman–Crippen MR) is 139 cm³/mol. The second-order valence-corrected chi connectivity index (χ2v) is 9.63. The molecular weight excluding hydrogens is 509 g/mol. The fraction of sp³-hybridized carbons (Fsp3) is 0.423. The topological polar surface area (TPSA) is 154 Å². The standard InChI is InChI=1S/C26H30FN7O5/c1-26(2,37)23(27)14-31-24(35)19-13-30-21(22-5-4-17-8-16(10-28)11-32-34(17)22)9-20(19)29-12-18-15-39-7-6-33(18)25(36)38-3/h4-5,8-9,11,13,18,23,37H,6-7,12,14-15H2,1-3H3,(H,29,30)(H,31,35). The van der Waals surface area contributed by atoms with Gasteiger partial charge in [0.2, 0.25) is 0 Å². The summed E-state index contributed by atoms with van der Waals surface area (Å²) >= 11 is 0. The van der Waals surface area contributed by atoms with Gasteiger partial charge in [-0.05, 0) is 38.1 Å². The SMILES string of the molecule is COC(=O)N1CCOCC1CNc1cc(-c2ccc3cc(C#N)cnn23)ncc1C(=O)NCC(F)C(C)(C)O. The van der Waals surface area contributed by atoms with Gasteiger partial charge >= 0.3 is 6.09 Å². The third kappa shape index (κ3) is 6.24. The number of nitrogens with zero attached hydrogens (tertiary/aromatic N) is 5. The minimum absolute atomic E-state index is 0.142. The molecule has 1 saturated heterocycles. The van der Waals surface area contributed by atoms with Gasteiger partial charge in [0.25, 0.3) is 5.91 Å². The van der Waals surface area contributed by atoms with Gasteiger partial charge in [-0.3, -0.25) is 14.7 Å². The number of anilines is 1. The Morgan fingerprint density at radius 1 is 1.36 bits per heavy atom. The molecular formula is C26H30FN7O5. The fourth-order valence-corrected chi connectivity index (χ4v) is 4.11. The number of amides is 2. The minimum atomic E-state index is -1.69. The summed E-state index contributed by atoms with van der Waals surface area (Å²) in [6.45, 7) is 3.48. The molecule has 2 amide bonds. The third-order valence-corrected chi connectivity index (χ3v) is 6.41. The van der Waals surface area contributed by atoms with Crippen LogP contribution in [-0.2, 0) is 9.47 Å². The van der Waals surface area contributed by atoms with Gasteiger partial charge < -0.3 is 25.2 Å². The Balaban J connectivity index is 1.64. The molecule has 4 rings (SSSR count). The van der Waals surface area contributed by atoms with Gasteiger partial charge in [0.05, 0.1) is 78.4 Å². The molecule has 3 aromatic heterocycles. The summed E-state index contributed by atoms with van der Waals surface area (Å²) < 4.78 is 26.3. The van der Waals surface area contributed by atoms with Gasteiger partial charge in [0, 0.05) is 19.3 Å². The van der Waals surface area contributed by atoms with Crippen molar-refractivity contribution in [2.24, 2.45) is 0 Å². The zero-order valence-corrected chi connectivity index (χ0v) is 21.8. The van der Waals surface area contributed by atoms with Gasteiger partial charge in [-0.1, -0.05) is 0 Å². The van der Waals surface area contributed by atoms with Gasteiger partial charge in [0.1, 0.15) is 12.2 Å². The van der Waals surface area contributed by atoms with Gasteiger partial charge in [-0.15, -0.1) is 0 Å². The van der Waals surface area contributed by atoms with E-state index in [0.717, 1.165) is 0 Å². The Hall–Kier alpha value is -4.28. The highest BCUT2D eigenvalue weighted by molar-refractivity contribution is 6.00. The minimum Gasteiger partial charge on any atom is -0.453 e. The monoisotopic (exact) mass is 539 g/mol. The molecule has 2 unspecified atom stereocenters. The molecule has 2 atom stereocenters. The van der Waals surface area contributed by atoms with E-state index in [0.29, 0.717) is 41.3 Å². The number of pyridine rings is 1. The zero-order valence-electron chi connectivity index (χ0n) is 21.8. The Morgan fingerprint density at radius 3 is 2.87 bits per heavy atom. The molecule has 3 aromatic rings. The number of rotatable bonds is 8. The van der Waals surface area contributed by atoms with Crippen molar-refractivity contribution in [2.45, 2.75) is 31.7 Å². The largest absolute Gasteiger partial charge is 0.453 e. The van der Waals surface area contributed by atoms with Crippen molar-refractivity contribution < 1.29 is 28.6 Å². The van der Waals surface area contributed by atoms with Crippen molar-refractivity contribution in [2.75, 3.05) is 45.3 Å². The lowest BCUT2D eigenvalue weighted by molar-refractivity contribution is -0.00181. The Kier molecular flexibility index (Phi) is 8.27. The molecule has 206 valence electrons. The van der Waals surface area contributed by atoms with Crippen molar-refractivity contribution in [3.63, 3.8) is 0 Å². The van der Waals surface area contributed by atoms with E-state index in [9.17, 15) is 19.1 Å². The molecule has 0 aliphatic carbocycles. The summed E-state index contributed by atoms with van der Waals surface area (Å²) in [6.07, 6.45) is 0.636. The first kappa shape index (κ1) is 27.7. The first-order valence-corrected chi connectivity index (χ1v) is 12.3. The van der Waals surface area contributed by atoms with Crippen molar-refractivity contribution in [1.29, 1.82) is 5.26 Å². The van der Waals surface area contributed by atoms with Gasteiger partial charge in [-0.25, -0.2) is 13.7 Å². The first-order chi connectivity index (χ1) is 18.6. The second-order valence-electron chi connectivity index (χ2n) is 9.63. The Labute approximate surface area is 224 Å². The summed E-state index contributed by atoms with van der Waals surface area (Å²) in [4.78, 5) is 31.3. The van der Waals surface area contributed by atoms with Crippen LogP contribution in [0.15, 0.2) is 36.7 Å². The molecule has 0 radical (unpaired) electrons. The maximum atomic E-state index is 14.3. The van der Waals surface area contributed by atoms with Crippen LogP contribution in [0, 0.1) is 11.3 Å². The molecule has 3 N–H and O–H groups in total. The van der Waals surface area contributed by atoms with E-state index in [1.54, 1.807) is 33.7 Å². The molecule has 1 fully saturated rings. The molecule has 0 saturated carbocycles. The number of hydrogen-bond donors (Lipinski definition) is 3. The first-order valence-electron chi connectivity index (χ1n) is 12.3. The Bertz CT molecular complexity index is 1400. The number of carbonyl (C=O) groups excluding carboxylic acids is 2. The number of nitrogens with one attached hydrogen (secondary N) is 2. The lowest BCUT2D eigenvalue weighted by Gasteiger charge is -2.34. The number of morpholine rings is 1. The second kappa shape index (κ2) is 11.6. The van der Waals surface area contributed by atoms with Crippen molar-refractivity contribution >= 4 is 23.2 Å². The van der Waals surface area contributed by atoms with Crippen molar-refractivity contribution in [3.05, 3.63) is 47.8 Å². The van der Waals surface area contributed by atoms with E-state index < -0.39 is 30.3 Å². The lowest BCUT2D eigenvalue weighted by Crippen LogP contribution is -2.51. The van der Waals surface area contributed by atoms with E-state index in [1.165, 1.54) is 33.4 Å². The number of nitriles is 1. The quantitative estimate of drug-likeness (QED) is 0.390. The van der Waals surface area contributed by atoms with Crippen LogP contribution in [0.25, 0.3) is 16.9 Å². The summed E-state index contributed by atoms with van der Waals surface area (Å²) in [5.41, 5.74) is 1.11. The maximum Gasteiger partial charge on any atom is 0.409 e. The highest BCUT2D eigenvalue weighted by Gasteiger charge is 2.29. The summed E-state index contributed by atoms with van der Waals surface area (Å²) in [6, 6.07) is 8.62. The Morgan fingerprint density at radius 2 is 2.15 bits per heavy atom. The van der Waals surface area contributed by atoms with Gasteiger partial charge in [-0.2, -0.15) is 10.4 Å². The molecule has 1 aliphatic heterocycles. The maximum absolute atomic E-state index is 14.3. The van der Waals surface area contributed by atoms with Crippen LogP contribution in [0.2, 0.25) is 0 Å². The molecule has 0 bridgehead atoms. The molecule has 0 aromatic carbocycles. The molecule has 12 nitrogen and oxygen atoms in total. The van der Waals surface area contributed by atoms with Gasteiger partial charge in [0.15, 0.2) is 0 Å². The highest BCUT2D eigenvalue weighted by Crippen LogP contribution is 2.26. The van der Waals surface area contributed by atoms with Crippen LogP contribution in [0.4, 0.5) is 14.9 Å². The average Bonchev–Trinajstić information content (AvgIpc) is 3.36. The summed E-state index contributed by atoms with van der Waals surface area (Å²) in [5.74, 6) is -0.593. The van der Waals surface area contributed by atoms with Crippen LogP contribution in [-0.4, -0.2) is 94.4 Å². The molecule has 39 heavy (non-hydrogen) atoms. The molecule has 0 spiro atoms. The van der Waals surface area contributed by atoms with Crippen LogP contribution in [0.5, 0.6) is 0 Å².